The van der Waals surface area contributed by atoms with Gasteiger partial charge in [-0.2, -0.15) is 0 Å². The third kappa shape index (κ3) is 4.95. The monoisotopic (exact) mass is 487 g/mol. The van der Waals surface area contributed by atoms with Gasteiger partial charge in [0.1, 0.15) is 5.75 Å². The van der Waals surface area contributed by atoms with E-state index in [4.69, 9.17) is 33.7 Å². The van der Waals surface area contributed by atoms with E-state index in [9.17, 15) is 4.79 Å². The first-order valence-corrected chi connectivity index (χ1v) is 11.8. The normalized spacial score (nSPS) is 14.5. The van der Waals surface area contributed by atoms with Crippen LogP contribution in [0.1, 0.15) is 24.2 Å². The molecule has 1 fully saturated rings. The number of nitrogens with zero attached hydrogens (tertiary/aromatic N) is 3. The zero-order chi connectivity index (χ0) is 23.5. The van der Waals surface area contributed by atoms with Crippen molar-refractivity contribution in [3.63, 3.8) is 0 Å². The van der Waals surface area contributed by atoms with Gasteiger partial charge in [-0.25, -0.2) is 0 Å². The molecule has 1 aliphatic heterocycles. The van der Waals surface area contributed by atoms with Crippen molar-refractivity contribution in [1.29, 1.82) is 0 Å². The molecule has 1 aliphatic rings. The Morgan fingerprint density at radius 1 is 1.12 bits per heavy atom. The van der Waals surface area contributed by atoms with Gasteiger partial charge in [-0.3, -0.25) is 9.78 Å². The maximum atomic E-state index is 12.3. The van der Waals surface area contributed by atoms with Crippen molar-refractivity contribution in [2.45, 2.75) is 13.8 Å². The third-order valence-electron chi connectivity index (χ3n) is 5.86. The number of benzene rings is 2. The number of fused-ring (bicyclic) bond motifs is 1. The summed E-state index contributed by atoms with van der Waals surface area (Å²) in [5, 5.41) is 4.94. The molecule has 174 valence electrons. The van der Waals surface area contributed by atoms with Gasteiger partial charge in [0, 0.05) is 49.5 Å². The first-order chi connectivity index (χ1) is 15.9. The van der Waals surface area contributed by atoms with Gasteiger partial charge in [-0.05, 0) is 37.7 Å². The van der Waals surface area contributed by atoms with Crippen LogP contribution in [0.5, 0.6) is 5.75 Å². The van der Waals surface area contributed by atoms with E-state index >= 15 is 0 Å². The van der Waals surface area contributed by atoms with Gasteiger partial charge in [-0.1, -0.05) is 30.1 Å². The van der Waals surface area contributed by atoms with Crippen LogP contribution in [0.15, 0.2) is 36.5 Å². The summed E-state index contributed by atoms with van der Waals surface area (Å²) in [5.74, 6) is 0.203. The number of carbonyl (C=O) groups is 1. The van der Waals surface area contributed by atoms with E-state index in [0.717, 1.165) is 49.5 Å². The number of piperazine rings is 1. The molecule has 0 unspecified atom stereocenters. The third-order valence-corrected chi connectivity index (χ3v) is 6.60. The zero-order valence-corrected chi connectivity index (χ0v) is 20.2. The first kappa shape index (κ1) is 23.4. The van der Waals surface area contributed by atoms with Gasteiger partial charge in [0.15, 0.2) is 0 Å². The van der Waals surface area contributed by atoms with Gasteiger partial charge in [0.25, 0.3) is 5.91 Å². The minimum atomic E-state index is -0.570. The van der Waals surface area contributed by atoms with Crippen molar-refractivity contribution in [3.05, 3.63) is 52.1 Å². The lowest BCUT2D eigenvalue weighted by atomic mass is 10.1. The van der Waals surface area contributed by atoms with E-state index in [1.54, 1.807) is 18.2 Å². The Balaban J connectivity index is 1.84. The molecular weight excluding hydrogens is 461 g/mol. The van der Waals surface area contributed by atoms with Crippen molar-refractivity contribution >= 4 is 57.1 Å². The number of pyridine rings is 1. The number of ether oxygens (including phenoxy) is 1. The molecule has 2 aromatic carbocycles. The molecular formula is C24H27Cl2N5O2. The van der Waals surface area contributed by atoms with Crippen molar-refractivity contribution in [2.75, 3.05) is 49.5 Å². The molecule has 0 saturated carbocycles. The SMILES string of the molecule is CCOc1cc2ncc(C(N)=O)c(Nc3ccc(Cl)c(Cl)c3)c2cc1N1CCN(CC)CC1. The van der Waals surface area contributed by atoms with Crippen LogP contribution < -0.4 is 20.7 Å². The molecule has 3 aromatic rings. The lowest BCUT2D eigenvalue weighted by Crippen LogP contribution is -2.46. The highest BCUT2D eigenvalue weighted by Crippen LogP contribution is 2.39. The first-order valence-electron chi connectivity index (χ1n) is 11.0. The summed E-state index contributed by atoms with van der Waals surface area (Å²) in [6.07, 6.45) is 1.49. The lowest BCUT2D eigenvalue weighted by Gasteiger charge is -2.36. The molecule has 2 heterocycles. The number of aromatic nitrogens is 1. The lowest BCUT2D eigenvalue weighted by molar-refractivity contribution is 0.100. The number of anilines is 3. The average molecular weight is 488 g/mol. The molecule has 1 aromatic heterocycles. The minimum absolute atomic E-state index is 0.291. The van der Waals surface area contributed by atoms with Crippen LogP contribution in [-0.4, -0.2) is 55.1 Å². The second-order valence-electron chi connectivity index (χ2n) is 7.86. The van der Waals surface area contributed by atoms with Gasteiger partial charge in [0.05, 0.1) is 39.1 Å². The van der Waals surface area contributed by atoms with E-state index in [1.807, 2.05) is 19.1 Å². The summed E-state index contributed by atoms with van der Waals surface area (Å²) in [6, 6.07) is 9.16. The molecule has 3 N–H and O–H groups in total. The fourth-order valence-corrected chi connectivity index (χ4v) is 4.37. The van der Waals surface area contributed by atoms with Gasteiger partial charge < -0.3 is 25.6 Å². The van der Waals surface area contributed by atoms with Crippen molar-refractivity contribution in [2.24, 2.45) is 5.73 Å². The summed E-state index contributed by atoms with van der Waals surface area (Å²) >= 11 is 12.3. The number of halogens is 2. The Labute approximate surface area is 203 Å². The maximum Gasteiger partial charge on any atom is 0.252 e. The van der Waals surface area contributed by atoms with E-state index < -0.39 is 5.91 Å². The summed E-state index contributed by atoms with van der Waals surface area (Å²) in [4.78, 5) is 21.5. The summed E-state index contributed by atoms with van der Waals surface area (Å²) in [7, 11) is 0. The Morgan fingerprint density at radius 2 is 1.88 bits per heavy atom. The summed E-state index contributed by atoms with van der Waals surface area (Å²) < 4.78 is 5.98. The number of primary amides is 1. The average Bonchev–Trinajstić information content (AvgIpc) is 2.81. The molecule has 4 rings (SSSR count). The molecule has 0 radical (unpaired) electrons. The van der Waals surface area contributed by atoms with Crippen LogP contribution in [0, 0.1) is 0 Å². The van der Waals surface area contributed by atoms with Crippen LogP contribution >= 0.6 is 23.2 Å². The second-order valence-corrected chi connectivity index (χ2v) is 8.67. The maximum absolute atomic E-state index is 12.3. The van der Waals surface area contributed by atoms with Crippen LogP contribution in [0.25, 0.3) is 10.9 Å². The molecule has 1 amide bonds. The van der Waals surface area contributed by atoms with Gasteiger partial charge in [0.2, 0.25) is 0 Å². The number of rotatable bonds is 7. The number of nitrogens with one attached hydrogen (secondary N) is 1. The number of hydrogen-bond donors (Lipinski definition) is 2. The molecule has 0 bridgehead atoms. The van der Waals surface area contributed by atoms with Gasteiger partial charge in [-0.15, -0.1) is 0 Å². The standard InChI is InChI=1S/C24H27Cl2N5O2/c1-3-30-7-9-31(10-8-30)21-12-16-20(13-22(21)33-4-2)28-14-17(24(27)32)23(16)29-15-5-6-18(25)19(26)11-15/h5-6,11-14H,3-4,7-10H2,1-2H3,(H2,27,32)(H,28,29). The zero-order valence-electron chi connectivity index (χ0n) is 18.7. The largest absolute Gasteiger partial charge is 0.492 e. The predicted octanol–water partition coefficient (Wildman–Crippen LogP) is 4.92. The van der Waals surface area contributed by atoms with E-state index in [-0.39, 0.29) is 0 Å². The summed E-state index contributed by atoms with van der Waals surface area (Å²) in [5.41, 5.74) is 8.91. The number of likely N-dealkylation sites (N-methyl/N-ethyl adjacent to an activating group) is 1. The highest BCUT2D eigenvalue weighted by atomic mass is 35.5. The van der Waals surface area contributed by atoms with Gasteiger partial charge >= 0.3 is 0 Å². The van der Waals surface area contributed by atoms with Crippen molar-refractivity contribution < 1.29 is 9.53 Å². The quantitative estimate of drug-likeness (QED) is 0.491. The van der Waals surface area contributed by atoms with Crippen molar-refractivity contribution in [1.82, 2.24) is 9.88 Å². The second kappa shape index (κ2) is 10.0. The van der Waals surface area contributed by atoms with Crippen LogP contribution in [0.2, 0.25) is 10.0 Å². The van der Waals surface area contributed by atoms with Crippen LogP contribution in [0.3, 0.4) is 0 Å². The minimum Gasteiger partial charge on any atom is -0.492 e. The number of nitrogens with two attached hydrogens (primary N) is 1. The Morgan fingerprint density at radius 3 is 2.52 bits per heavy atom. The molecule has 0 aliphatic carbocycles. The molecule has 33 heavy (non-hydrogen) atoms. The topological polar surface area (TPSA) is 83.7 Å². The molecule has 0 atom stereocenters. The predicted molar refractivity (Wildman–Crippen MR) is 136 cm³/mol. The number of amides is 1. The number of hydrogen-bond acceptors (Lipinski definition) is 6. The Bertz CT molecular complexity index is 1180. The van der Waals surface area contributed by atoms with E-state index in [2.05, 4.69) is 27.0 Å². The highest BCUT2D eigenvalue weighted by Gasteiger charge is 2.22. The molecule has 9 heteroatoms. The Kier molecular flexibility index (Phi) is 7.12. The van der Waals surface area contributed by atoms with Crippen molar-refractivity contribution in [3.8, 4) is 5.75 Å². The molecule has 1 saturated heterocycles. The number of carbonyl (C=O) groups excluding carboxylic acids is 1. The van der Waals surface area contributed by atoms with E-state index in [1.165, 1.54) is 6.20 Å². The molecule has 0 spiro atoms. The fourth-order valence-electron chi connectivity index (χ4n) is 4.07. The smallest absolute Gasteiger partial charge is 0.252 e. The molecule has 7 nitrogen and oxygen atoms in total. The van der Waals surface area contributed by atoms with Crippen LogP contribution in [-0.2, 0) is 0 Å². The summed E-state index contributed by atoms with van der Waals surface area (Å²) in [6.45, 7) is 9.45. The van der Waals surface area contributed by atoms with E-state index in [0.29, 0.717) is 39.1 Å². The fraction of sp³-hybridized carbons (Fsp3) is 0.333. The highest BCUT2D eigenvalue weighted by molar-refractivity contribution is 6.42. The van der Waals surface area contributed by atoms with Crippen LogP contribution in [0.4, 0.5) is 17.1 Å². The Hall–Kier alpha value is -2.74.